The van der Waals surface area contributed by atoms with Crippen LogP contribution in [0, 0.1) is 11.6 Å². The van der Waals surface area contributed by atoms with Crippen molar-refractivity contribution in [2.45, 2.75) is 6.54 Å². The first-order chi connectivity index (χ1) is 14.1. The van der Waals surface area contributed by atoms with E-state index in [1.54, 1.807) is 35.0 Å². The first-order valence-corrected chi connectivity index (χ1v) is 9.04. The van der Waals surface area contributed by atoms with E-state index >= 15 is 0 Å². The first kappa shape index (κ1) is 18.6. The second-order valence-electron chi connectivity index (χ2n) is 6.48. The Bertz CT molecular complexity index is 1120. The lowest BCUT2D eigenvalue weighted by Gasteiger charge is -2.08. The Hall–Kier alpha value is -3.80. The summed E-state index contributed by atoms with van der Waals surface area (Å²) in [6, 6.07) is 22.8. The van der Waals surface area contributed by atoms with E-state index < -0.39 is 0 Å². The minimum Gasteiger partial charge on any atom is -0.347 e. The van der Waals surface area contributed by atoms with Gasteiger partial charge in [0.2, 0.25) is 0 Å². The van der Waals surface area contributed by atoms with Crippen molar-refractivity contribution in [1.29, 1.82) is 0 Å². The highest BCUT2D eigenvalue weighted by molar-refractivity contribution is 5.94. The van der Waals surface area contributed by atoms with Gasteiger partial charge in [0.25, 0.3) is 5.91 Å². The second-order valence-corrected chi connectivity index (χ2v) is 6.48. The zero-order valence-electron chi connectivity index (χ0n) is 15.3. The maximum absolute atomic E-state index is 13.3. The fourth-order valence-electron chi connectivity index (χ4n) is 2.95. The number of rotatable bonds is 5. The Morgan fingerprint density at radius 1 is 0.862 bits per heavy atom. The summed E-state index contributed by atoms with van der Waals surface area (Å²) in [6.45, 7) is 0.255. The van der Waals surface area contributed by atoms with Gasteiger partial charge in [0.1, 0.15) is 17.3 Å². The Morgan fingerprint density at radius 2 is 1.48 bits per heavy atom. The van der Waals surface area contributed by atoms with Crippen molar-refractivity contribution in [3.63, 3.8) is 0 Å². The van der Waals surface area contributed by atoms with Crippen molar-refractivity contribution >= 4 is 5.91 Å². The van der Waals surface area contributed by atoms with Gasteiger partial charge in [-0.2, -0.15) is 5.10 Å². The third-order valence-electron chi connectivity index (χ3n) is 4.45. The van der Waals surface area contributed by atoms with Crippen LogP contribution in [0.3, 0.4) is 0 Å². The molecule has 0 radical (unpaired) electrons. The normalized spacial score (nSPS) is 10.7. The predicted molar refractivity (Wildman–Crippen MR) is 107 cm³/mol. The van der Waals surface area contributed by atoms with Crippen LogP contribution in [0.15, 0.2) is 84.9 Å². The van der Waals surface area contributed by atoms with Crippen LogP contribution in [-0.4, -0.2) is 15.7 Å². The Labute approximate surface area is 166 Å². The zero-order chi connectivity index (χ0) is 20.2. The number of hydrogen-bond acceptors (Lipinski definition) is 2. The highest BCUT2D eigenvalue weighted by atomic mass is 19.1. The minimum atomic E-state index is -0.339. The van der Waals surface area contributed by atoms with E-state index in [-0.39, 0.29) is 24.1 Å². The number of amides is 1. The number of nitrogens with zero attached hydrogens (tertiary/aromatic N) is 2. The molecule has 29 heavy (non-hydrogen) atoms. The molecule has 4 rings (SSSR count). The molecular formula is C23H17F2N3O. The summed E-state index contributed by atoms with van der Waals surface area (Å²) in [6.07, 6.45) is 0. The predicted octanol–water partition coefficient (Wildman–Crippen LogP) is 4.75. The number of hydrogen-bond donors (Lipinski definition) is 1. The van der Waals surface area contributed by atoms with E-state index in [0.717, 1.165) is 11.3 Å². The van der Waals surface area contributed by atoms with Crippen molar-refractivity contribution in [1.82, 2.24) is 15.1 Å². The van der Waals surface area contributed by atoms with Crippen LogP contribution in [0.4, 0.5) is 8.78 Å². The number of para-hydroxylation sites is 1. The van der Waals surface area contributed by atoms with Gasteiger partial charge in [-0.05, 0) is 60.2 Å². The topological polar surface area (TPSA) is 46.9 Å². The van der Waals surface area contributed by atoms with Crippen molar-refractivity contribution in [2.24, 2.45) is 0 Å². The molecule has 4 aromatic rings. The molecule has 1 aromatic heterocycles. The van der Waals surface area contributed by atoms with E-state index in [2.05, 4.69) is 10.4 Å². The smallest absolute Gasteiger partial charge is 0.270 e. The first-order valence-electron chi connectivity index (χ1n) is 9.04. The molecule has 6 heteroatoms. The van der Waals surface area contributed by atoms with Crippen molar-refractivity contribution < 1.29 is 13.6 Å². The minimum absolute atomic E-state index is 0.255. The largest absolute Gasteiger partial charge is 0.347 e. The molecule has 0 bridgehead atoms. The van der Waals surface area contributed by atoms with Crippen LogP contribution in [0.1, 0.15) is 16.1 Å². The summed E-state index contributed by atoms with van der Waals surface area (Å²) in [7, 11) is 0. The van der Waals surface area contributed by atoms with E-state index in [9.17, 15) is 13.6 Å². The van der Waals surface area contributed by atoms with Crippen molar-refractivity contribution in [2.75, 3.05) is 0 Å². The van der Waals surface area contributed by atoms with E-state index in [1.165, 1.54) is 24.3 Å². The third-order valence-corrected chi connectivity index (χ3v) is 4.45. The maximum atomic E-state index is 13.3. The maximum Gasteiger partial charge on any atom is 0.270 e. The molecule has 0 atom stereocenters. The monoisotopic (exact) mass is 389 g/mol. The molecule has 0 fully saturated rings. The highest BCUT2D eigenvalue weighted by Gasteiger charge is 2.17. The fraction of sp³-hybridized carbons (Fsp3) is 0.0435. The van der Waals surface area contributed by atoms with Gasteiger partial charge >= 0.3 is 0 Å². The molecule has 3 aromatic carbocycles. The van der Waals surface area contributed by atoms with E-state index in [4.69, 9.17) is 0 Å². The van der Waals surface area contributed by atoms with Gasteiger partial charge < -0.3 is 5.32 Å². The molecule has 0 spiro atoms. The molecule has 0 aliphatic rings. The van der Waals surface area contributed by atoms with Crippen molar-refractivity contribution in [3.05, 3.63) is 108 Å². The molecule has 0 saturated heterocycles. The van der Waals surface area contributed by atoms with Crippen molar-refractivity contribution in [3.8, 4) is 16.9 Å². The molecule has 0 unspecified atom stereocenters. The summed E-state index contributed by atoms with van der Waals surface area (Å²) in [5.41, 5.74) is 3.11. The lowest BCUT2D eigenvalue weighted by molar-refractivity contribution is 0.0943. The summed E-state index contributed by atoms with van der Waals surface area (Å²) < 4.78 is 27.9. The average Bonchev–Trinajstić information content (AvgIpc) is 3.20. The molecular weight excluding hydrogens is 372 g/mol. The summed E-state index contributed by atoms with van der Waals surface area (Å²) in [4.78, 5) is 12.9. The molecule has 1 N–H and O–H groups in total. The van der Waals surface area contributed by atoms with E-state index in [1.807, 2.05) is 30.3 Å². The standard InChI is InChI=1S/C23H17F2N3O/c24-18-10-6-16(7-11-18)15-26-23(29)22-14-21(17-8-12-19(25)13-9-17)27-28(22)20-4-2-1-3-5-20/h1-14H,15H2,(H,26,29). The van der Waals surface area contributed by atoms with Gasteiger partial charge in [0.05, 0.1) is 11.4 Å². The Morgan fingerprint density at radius 3 is 2.14 bits per heavy atom. The molecule has 1 amide bonds. The number of aromatic nitrogens is 2. The molecule has 0 aliphatic heterocycles. The van der Waals surface area contributed by atoms with Crippen LogP contribution >= 0.6 is 0 Å². The fourth-order valence-corrected chi connectivity index (χ4v) is 2.95. The molecule has 0 saturated carbocycles. The Balaban J connectivity index is 1.65. The number of nitrogens with one attached hydrogen (secondary N) is 1. The van der Waals surface area contributed by atoms with Crippen LogP contribution in [0.25, 0.3) is 16.9 Å². The summed E-state index contributed by atoms with van der Waals surface area (Å²) in [5, 5.41) is 7.39. The van der Waals surface area contributed by atoms with Crippen LogP contribution in [0.2, 0.25) is 0 Å². The lowest BCUT2D eigenvalue weighted by Crippen LogP contribution is -2.25. The van der Waals surface area contributed by atoms with Gasteiger partial charge in [-0.1, -0.05) is 30.3 Å². The van der Waals surface area contributed by atoms with Gasteiger partial charge in [-0.3, -0.25) is 4.79 Å². The third kappa shape index (κ3) is 4.21. The number of carbonyl (C=O) groups is 1. The van der Waals surface area contributed by atoms with Gasteiger partial charge in [0.15, 0.2) is 0 Å². The molecule has 1 heterocycles. The number of carbonyl (C=O) groups excluding carboxylic acids is 1. The number of benzene rings is 3. The lowest BCUT2D eigenvalue weighted by atomic mass is 10.1. The van der Waals surface area contributed by atoms with Crippen LogP contribution < -0.4 is 5.32 Å². The molecule has 144 valence electrons. The van der Waals surface area contributed by atoms with Crippen LogP contribution in [0.5, 0.6) is 0 Å². The van der Waals surface area contributed by atoms with Gasteiger partial charge in [0, 0.05) is 12.1 Å². The summed E-state index contributed by atoms with van der Waals surface area (Å²) >= 11 is 0. The Kier molecular flexibility index (Phi) is 5.16. The quantitative estimate of drug-likeness (QED) is 0.536. The SMILES string of the molecule is O=C(NCc1ccc(F)cc1)c1cc(-c2ccc(F)cc2)nn1-c1ccccc1. The van der Waals surface area contributed by atoms with Gasteiger partial charge in [-0.25, -0.2) is 13.5 Å². The van der Waals surface area contributed by atoms with Gasteiger partial charge in [-0.15, -0.1) is 0 Å². The number of halogens is 2. The highest BCUT2D eigenvalue weighted by Crippen LogP contribution is 2.22. The molecule has 0 aliphatic carbocycles. The van der Waals surface area contributed by atoms with Crippen LogP contribution in [-0.2, 0) is 6.54 Å². The average molecular weight is 389 g/mol. The summed E-state index contributed by atoms with van der Waals surface area (Å²) in [5.74, 6) is -0.987. The second kappa shape index (κ2) is 8.06. The zero-order valence-corrected chi connectivity index (χ0v) is 15.3. The van der Waals surface area contributed by atoms with E-state index in [0.29, 0.717) is 17.0 Å². The molecule has 4 nitrogen and oxygen atoms in total.